The quantitative estimate of drug-likeness (QED) is 0.731. The topological polar surface area (TPSA) is 38.0 Å². The van der Waals surface area contributed by atoms with Crippen LogP contribution in [0.15, 0.2) is 0 Å². The minimum atomic E-state index is 0.429. The molecule has 0 heterocycles. The molecule has 96 valence electrons. The maximum Gasteiger partial charge on any atom is 0.0213 e. The highest BCUT2D eigenvalue weighted by Gasteiger charge is 2.32. The molecule has 1 aliphatic carbocycles. The van der Waals surface area contributed by atoms with Crippen molar-refractivity contribution in [1.82, 2.24) is 5.32 Å². The zero-order valence-electron chi connectivity index (χ0n) is 11.6. The summed E-state index contributed by atoms with van der Waals surface area (Å²) in [5.74, 6) is 1.54. The predicted molar refractivity (Wildman–Crippen MR) is 71.4 cm³/mol. The molecule has 0 radical (unpaired) electrons. The average Bonchev–Trinajstić information content (AvgIpc) is 2.71. The van der Waals surface area contributed by atoms with E-state index in [0.717, 1.165) is 19.0 Å². The van der Waals surface area contributed by atoms with Crippen molar-refractivity contribution >= 4 is 0 Å². The van der Waals surface area contributed by atoms with E-state index in [9.17, 15) is 0 Å². The van der Waals surface area contributed by atoms with Gasteiger partial charge in [0.1, 0.15) is 0 Å². The van der Waals surface area contributed by atoms with Crippen LogP contribution in [0.5, 0.6) is 0 Å². The van der Waals surface area contributed by atoms with Gasteiger partial charge in [0.15, 0.2) is 0 Å². The standard InChI is InChI=1S/C14H30N2/c1-11(2)13(9-15)16-10-14(3,4)12-7-5-6-8-12/h11-13,16H,5-10,15H2,1-4H3. The fourth-order valence-electron chi connectivity index (χ4n) is 2.84. The first-order chi connectivity index (χ1) is 7.47. The van der Waals surface area contributed by atoms with Crippen LogP contribution in [0.3, 0.4) is 0 Å². The first-order valence-corrected chi connectivity index (χ1v) is 6.91. The summed E-state index contributed by atoms with van der Waals surface area (Å²) in [6.07, 6.45) is 5.70. The van der Waals surface area contributed by atoms with Crippen molar-refractivity contribution in [2.24, 2.45) is 23.0 Å². The third kappa shape index (κ3) is 3.74. The van der Waals surface area contributed by atoms with E-state index in [-0.39, 0.29) is 0 Å². The van der Waals surface area contributed by atoms with E-state index in [1.807, 2.05) is 0 Å². The van der Waals surface area contributed by atoms with Gasteiger partial charge in [-0.25, -0.2) is 0 Å². The van der Waals surface area contributed by atoms with E-state index in [1.54, 1.807) is 0 Å². The molecule has 1 rings (SSSR count). The van der Waals surface area contributed by atoms with Crippen LogP contribution in [0, 0.1) is 17.3 Å². The molecule has 2 heteroatoms. The van der Waals surface area contributed by atoms with E-state index in [1.165, 1.54) is 25.7 Å². The fraction of sp³-hybridized carbons (Fsp3) is 1.00. The lowest BCUT2D eigenvalue weighted by Gasteiger charge is -2.34. The highest BCUT2D eigenvalue weighted by molar-refractivity contribution is 4.85. The van der Waals surface area contributed by atoms with Gasteiger partial charge in [-0.2, -0.15) is 0 Å². The van der Waals surface area contributed by atoms with Crippen LogP contribution in [0.25, 0.3) is 0 Å². The summed E-state index contributed by atoms with van der Waals surface area (Å²) in [6, 6.07) is 0.473. The van der Waals surface area contributed by atoms with Gasteiger partial charge in [-0.3, -0.25) is 0 Å². The number of nitrogens with one attached hydrogen (secondary N) is 1. The second kappa shape index (κ2) is 6.02. The summed E-state index contributed by atoms with van der Waals surface area (Å²) in [6.45, 7) is 11.2. The summed E-state index contributed by atoms with van der Waals surface area (Å²) in [5.41, 5.74) is 6.22. The SMILES string of the molecule is CC(C)C(CN)NCC(C)(C)C1CCCC1. The van der Waals surface area contributed by atoms with Crippen LogP contribution in [0.1, 0.15) is 53.4 Å². The smallest absolute Gasteiger partial charge is 0.0213 e. The van der Waals surface area contributed by atoms with Crippen LogP contribution in [0.2, 0.25) is 0 Å². The lowest BCUT2D eigenvalue weighted by Crippen LogP contribution is -2.46. The average molecular weight is 226 g/mol. The van der Waals surface area contributed by atoms with Crippen LogP contribution < -0.4 is 11.1 Å². The van der Waals surface area contributed by atoms with Crippen molar-refractivity contribution in [1.29, 1.82) is 0 Å². The molecule has 0 amide bonds. The second-order valence-electron chi connectivity index (χ2n) is 6.44. The van der Waals surface area contributed by atoms with Gasteiger partial charge >= 0.3 is 0 Å². The minimum absolute atomic E-state index is 0.429. The van der Waals surface area contributed by atoms with Crippen molar-refractivity contribution in [3.05, 3.63) is 0 Å². The molecule has 1 fully saturated rings. The molecule has 1 unspecified atom stereocenters. The van der Waals surface area contributed by atoms with Crippen molar-refractivity contribution in [3.63, 3.8) is 0 Å². The number of hydrogen-bond donors (Lipinski definition) is 2. The van der Waals surface area contributed by atoms with E-state index >= 15 is 0 Å². The molecule has 1 saturated carbocycles. The Morgan fingerprint density at radius 2 is 1.81 bits per heavy atom. The number of rotatable bonds is 6. The summed E-state index contributed by atoms with van der Waals surface area (Å²) in [5, 5.41) is 3.66. The zero-order chi connectivity index (χ0) is 12.2. The molecule has 1 aliphatic rings. The Bertz CT molecular complexity index is 193. The monoisotopic (exact) mass is 226 g/mol. The van der Waals surface area contributed by atoms with Gasteiger partial charge in [-0.1, -0.05) is 40.5 Å². The van der Waals surface area contributed by atoms with Crippen molar-refractivity contribution < 1.29 is 0 Å². The van der Waals surface area contributed by atoms with Gasteiger partial charge in [0.05, 0.1) is 0 Å². The second-order valence-corrected chi connectivity index (χ2v) is 6.44. The molecule has 0 aromatic carbocycles. The van der Waals surface area contributed by atoms with Gasteiger partial charge in [0.2, 0.25) is 0 Å². The molecule has 0 aromatic heterocycles. The molecule has 0 aromatic rings. The molecular formula is C14H30N2. The fourth-order valence-corrected chi connectivity index (χ4v) is 2.84. The molecule has 16 heavy (non-hydrogen) atoms. The minimum Gasteiger partial charge on any atom is -0.329 e. The Labute approximate surface area is 101 Å². The van der Waals surface area contributed by atoms with Crippen LogP contribution in [0.4, 0.5) is 0 Å². The summed E-state index contributed by atoms with van der Waals surface area (Å²) >= 11 is 0. The van der Waals surface area contributed by atoms with Gasteiger partial charge in [0, 0.05) is 19.1 Å². The highest BCUT2D eigenvalue weighted by Crippen LogP contribution is 2.39. The molecule has 0 spiro atoms. The van der Waals surface area contributed by atoms with Gasteiger partial charge in [-0.15, -0.1) is 0 Å². The van der Waals surface area contributed by atoms with Gasteiger partial charge in [0.25, 0.3) is 0 Å². The van der Waals surface area contributed by atoms with Crippen LogP contribution in [-0.2, 0) is 0 Å². The Morgan fingerprint density at radius 3 is 2.25 bits per heavy atom. The molecule has 0 aliphatic heterocycles. The normalized spacial score (nSPS) is 20.6. The molecule has 3 N–H and O–H groups in total. The van der Waals surface area contributed by atoms with Crippen molar-refractivity contribution in [3.8, 4) is 0 Å². The van der Waals surface area contributed by atoms with Crippen molar-refractivity contribution in [2.75, 3.05) is 13.1 Å². The van der Waals surface area contributed by atoms with E-state index in [2.05, 4.69) is 33.0 Å². The summed E-state index contributed by atoms with van der Waals surface area (Å²) in [7, 11) is 0. The van der Waals surface area contributed by atoms with Gasteiger partial charge in [-0.05, 0) is 30.1 Å². The Balaban J connectivity index is 2.39. The Kier molecular flexibility index (Phi) is 5.26. The Morgan fingerprint density at radius 1 is 1.25 bits per heavy atom. The third-order valence-electron chi connectivity index (χ3n) is 4.34. The van der Waals surface area contributed by atoms with Gasteiger partial charge < -0.3 is 11.1 Å². The summed E-state index contributed by atoms with van der Waals surface area (Å²) in [4.78, 5) is 0. The summed E-state index contributed by atoms with van der Waals surface area (Å²) < 4.78 is 0. The number of nitrogens with two attached hydrogens (primary N) is 1. The van der Waals surface area contributed by atoms with E-state index < -0.39 is 0 Å². The first-order valence-electron chi connectivity index (χ1n) is 6.91. The molecular weight excluding hydrogens is 196 g/mol. The van der Waals surface area contributed by atoms with Crippen LogP contribution in [-0.4, -0.2) is 19.1 Å². The maximum absolute atomic E-state index is 5.79. The lowest BCUT2D eigenvalue weighted by atomic mass is 9.77. The molecule has 2 nitrogen and oxygen atoms in total. The molecule has 0 bridgehead atoms. The predicted octanol–water partition coefficient (Wildman–Crippen LogP) is 2.78. The van der Waals surface area contributed by atoms with E-state index in [0.29, 0.717) is 17.4 Å². The van der Waals surface area contributed by atoms with E-state index in [4.69, 9.17) is 5.73 Å². The van der Waals surface area contributed by atoms with Crippen molar-refractivity contribution in [2.45, 2.75) is 59.4 Å². The third-order valence-corrected chi connectivity index (χ3v) is 4.34. The largest absolute Gasteiger partial charge is 0.329 e. The lowest BCUT2D eigenvalue weighted by molar-refractivity contribution is 0.194. The zero-order valence-corrected chi connectivity index (χ0v) is 11.6. The highest BCUT2D eigenvalue weighted by atomic mass is 14.9. The molecule has 0 saturated heterocycles. The maximum atomic E-state index is 5.79. The first kappa shape index (κ1) is 14.0. The number of hydrogen-bond acceptors (Lipinski definition) is 2. The Hall–Kier alpha value is -0.0800. The van der Waals surface area contributed by atoms with Crippen LogP contribution >= 0.6 is 0 Å². The molecule has 1 atom stereocenters.